The number of rotatable bonds is 4. The molecule has 0 radical (unpaired) electrons. The SMILES string of the molecule is C#Cc1cccc(NC(=O)CCc2cccc(Br)c2)c1. The van der Waals surface area contributed by atoms with E-state index in [0.29, 0.717) is 12.8 Å². The summed E-state index contributed by atoms with van der Waals surface area (Å²) < 4.78 is 1.03. The molecule has 2 aromatic rings. The number of carbonyl (C=O) groups excluding carboxylic acids is 1. The molecule has 0 atom stereocenters. The summed E-state index contributed by atoms with van der Waals surface area (Å²) in [5.74, 6) is 2.53. The topological polar surface area (TPSA) is 29.1 Å². The van der Waals surface area contributed by atoms with Crippen molar-refractivity contribution in [3.05, 3.63) is 64.1 Å². The molecule has 0 aliphatic rings. The minimum absolute atomic E-state index is 0.0147. The van der Waals surface area contributed by atoms with Gasteiger partial charge >= 0.3 is 0 Å². The Morgan fingerprint density at radius 3 is 2.75 bits per heavy atom. The van der Waals surface area contributed by atoms with Crippen LogP contribution in [0, 0.1) is 12.3 Å². The first-order chi connectivity index (χ1) is 9.67. The number of halogens is 1. The second-order valence-electron chi connectivity index (χ2n) is 4.40. The van der Waals surface area contributed by atoms with Crippen molar-refractivity contribution in [1.82, 2.24) is 0 Å². The summed E-state index contributed by atoms with van der Waals surface area (Å²) in [5, 5.41) is 2.86. The lowest BCUT2D eigenvalue weighted by molar-refractivity contribution is -0.116. The number of anilines is 1. The molecule has 1 amide bonds. The van der Waals surface area contributed by atoms with Crippen LogP contribution in [0.3, 0.4) is 0 Å². The van der Waals surface area contributed by atoms with Crippen LogP contribution in [0.2, 0.25) is 0 Å². The smallest absolute Gasteiger partial charge is 0.224 e. The van der Waals surface area contributed by atoms with Crippen LogP contribution in [0.15, 0.2) is 53.0 Å². The molecular weight excluding hydrogens is 314 g/mol. The van der Waals surface area contributed by atoms with Gasteiger partial charge in [0.2, 0.25) is 5.91 Å². The monoisotopic (exact) mass is 327 g/mol. The van der Waals surface area contributed by atoms with Gasteiger partial charge in [-0.1, -0.05) is 40.0 Å². The third-order valence-electron chi connectivity index (χ3n) is 2.84. The summed E-state index contributed by atoms with van der Waals surface area (Å²) in [6.07, 6.45) is 6.48. The third-order valence-corrected chi connectivity index (χ3v) is 3.34. The van der Waals surface area contributed by atoms with Crippen LogP contribution >= 0.6 is 15.9 Å². The van der Waals surface area contributed by atoms with Crippen LogP contribution in [0.25, 0.3) is 0 Å². The number of carbonyl (C=O) groups is 1. The number of hydrogen-bond acceptors (Lipinski definition) is 1. The highest BCUT2D eigenvalue weighted by molar-refractivity contribution is 9.10. The van der Waals surface area contributed by atoms with E-state index in [0.717, 1.165) is 21.3 Å². The summed E-state index contributed by atoms with van der Waals surface area (Å²) in [6.45, 7) is 0. The highest BCUT2D eigenvalue weighted by Crippen LogP contribution is 2.14. The molecule has 0 bridgehead atoms. The lowest BCUT2D eigenvalue weighted by atomic mass is 10.1. The summed E-state index contributed by atoms with van der Waals surface area (Å²) in [6, 6.07) is 15.2. The molecule has 100 valence electrons. The van der Waals surface area contributed by atoms with E-state index in [1.807, 2.05) is 42.5 Å². The van der Waals surface area contributed by atoms with Crippen molar-refractivity contribution < 1.29 is 4.79 Å². The highest BCUT2D eigenvalue weighted by atomic mass is 79.9. The van der Waals surface area contributed by atoms with Crippen molar-refractivity contribution in [2.45, 2.75) is 12.8 Å². The van der Waals surface area contributed by atoms with E-state index in [2.05, 4.69) is 27.2 Å². The van der Waals surface area contributed by atoms with Crippen molar-refractivity contribution in [3.8, 4) is 12.3 Å². The molecule has 0 spiro atoms. The molecule has 0 aromatic heterocycles. The molecule has 0 heterocycles. The number of aryl methyl sites for hydroxylation is 1. The normalized spacial score (nSPS) is 9.80. The van der Waals surface area contributed by atoms with Gasteiger partial charge in [0.05, 0.1) is 0 Å². The predicted molar refractivity (Wildman–Crippen MR) is 85.5 cm³/mol. The van der Waals surface area contributed by atoms with Gasteiger partial charge in [-0.2, -0.15) is 0 Å². The molecule has 3 heteroatoms. The average Bonchev–Trinajstić information content (AvgIpc) is 2.45. The van der Waals surface area contributed by atoms with Gasteiger partial charge < -0.3 is 5.32 Å². The first-order valence-electron chi connectivity index (χ1n) is 6.28. The molecule has 2 rings (SSSR count). The average molecular weight is 328 g/mol. The minimum Gasteiger partial charge on any atom is -0.326 e. The van der Waals surface area contributed by atoms with Crippen LogP contribution in [0.5, 0.6) is 0 Å². The van der Waals surface area contributed by atoms with Crippen molar-refractivity contribution in [2.75, 3.05) is 5.32 Å². The quantitative estimate of drug-likeness (QED) is 0.845. The van der Waals surface area contributed by atoms with Crippen LogP contribution in [0.4, 0.5) is 5.69 Å². The molecule has 0 saturated carbocycles. The van der Waals surface area contributed by atoms with Gasteiger partial charge in [0.25, 0.3) is 0 Å². The first-order valence-corrected chi connectivity index (χ1v) is 7.07. The van der Waals surface area contributed by atoms with E-state index < -0.39 is 0 Å². The van der Waals surface area contributed by atoms with Gasteiger partial charge in [0, 0.05) is 22.1 Å². The van der Waals surface area contributed by atoms with Gasteiger partial charge in [-0.15, -0.1) is 6.42 Å². The fourth-order valence-electron chi connectivity index (χ4n) is 1.86. The summed E-state index contributed by atoms with van der Waals surface area (Å²) in [4.78, 5) is 11.9. The Kier molecular flexibility index (Phi) is 4.97. The Morgan fingerprint density at radius 1 is 1.20 bits per heavy atom. The Hall–Kier alpha value is -2.05. The molecular formula is C17H14BrNO. The van der Waals surface area contributed by atoms with Gasteiger partial charge in [0.1, 0.15) is 0 Å². The predicted octanol–water partition coefficient (Wildman–Crippen LogP) is 4.00. The lowest BCUT2D eigenvalue weighted by Gasteiger charge is -2.06. The summed E-state index contributed by atoms with van der Waals surface area (Å²) in [5.41, 5.74) is 2.63. The van der Waals surface area contributed by atoms with E-state index in [4.69, 9.17) is 6.42 Å². The zero-order valence-electron chi connectivity index (χ0n) is 10.9. The van der Waals surface area contributed by atoms with Crippen molar-refractivity contribution in [3.63, 3.8) is 0 Å². The lowest BCUT2D eigenvalue weighted by Crippen LogP contribution is -2.12. The van der Waals surface area contributed by atoms with E-state index >= 15 is 0 Å². The Balaban J connectivity index is 1.91. The van der Waals surface area contributed by atoms with Gasteiger partial charge in [0.15, 0.2) is 0 Å². The molecule has 0 unspecified atom stereocenters. The third kappa shape index (κ3) is 4.25. The standard InChI is InChI=1S/C17H14BrNO/c1-2-13-5-4-8-16(12-13)19-17(20)10-9-14-6-3-7-15(18)11-14/h1,3-8,11-12H,9-10H2,(H,19,20). The molecule has 2 nitrogen and oxygen atoms in total. The second-order valence-corrected chi connectivity index (χ2v) is 5.32. The molecule has 20 heavy (non-hydrogen) atoms. The Labute approximate surface area is 127 Å². The number of amides is 1. The highest BCUT2D eigenvalue weighted by Gasteiger charge is 2.04. The zero-order chi connectivity index (χ0) is 14.4. The van der Waals surface area contributed by atoms with Gasteiger partial charge in [-0.05, 0) is 42.3 Å². The maximum Gasteiger partial charge on any atom is 0.224 e. The van der Waals surface area contributed by atoms with E-state index in [-0.39, 0.29) is 5.91 Å². The zero-order valence-corrected chi connectivity index (χ0v) is 12.5. The molecule has 0 saturated heterocycles. The Bertz CT molecular complexity index is 658. The van der Waals surface area contributed by atoms with E-state index in [1.165, 1.54) is 0 Å². The number of benzene rings is 2. The molecule has 1 N–H and O–H groups in total. The molecule has 0 fully saturated rings. The summed E-state index contributed by atoms with van der Waals surface area (Å²) >= 11 is 3.42. The first kappa shape index (κ1) is 14.4. The largest absolute Gasteiger partial charge is 0.326 e. The fraction of sp³-hybridized carbons (Fsp3) is 0.118. The maximum atomic E-state index is 11.9. The fourth-order valence-corrected chi connectivity index (χ4v) is 2.31. The van der Waals surface area contributed by atoms with Crippen LogP contribution in [0.1, 0.15) is 17.5 Å². The number of terminal acetylenes is 1. The number of nitrogens with one attached hydrogen (secondary N) is 1. The van der Waals surface area contributed by atoms with Gasteiger partial charge in [-0.3, -0.25) is 4.79 Å². The number of hydrogen-bond donors (Lipinski definition) is 1. The molecule has 2 aromatic carbocycles. The van der Waals surface area contributed by atoms with Crippen LogP contribution in [-0.2, 0) is 11.2 Å². The van der Waals surface area contributed by atoms with Crippen LogP contribution < -0.4 is 5.32 Å². The minimum atomic E-state index is -0.0147. The van der Waals surface area contributed by atoms with Crippen molar-refractivity contribution in [2.24, 2.45) is 0 Å². The van der Waals surface area contributed by atoms with Crippen molar-refractivity contribution in [1.29, 1.82) is 0 Å². The van der Waals surface area contributed by atoms with Crippen LogP contribution in [-0.4, -0.2) is 5.91 Å². The second kappa shape index (κ2) is 6.93. The summed E-state index contributed by atoms with van der Waals surface area (Å²) in [7, 11) is 0. The Morgan fingerprint density at radius 2 is 2.00 bits per heavy atom. The molecule has 0 aliphatic heterocycles. The molecule has 0 aliphatic carbocycles. The van der Waals surface area contributed by atoms with Gasteiger partial charge in [-0.25, -0.2) is 0 Å². The van der Waals surface area contributed by atoms with E-state index in [1.54, 1.807) is 6.07 Å². The maximum absolute atomic E-state index is 11.9. The van der Waals surface area contributed by atoms with E-state index in [9.17, 15) is 4.79 Å². The van der Waals surface area contributed by atoms with Crippen molar-refractivity contribution >= 4 is 27.5 Å².